The number of amides is 1. The molecule has 0 spiro atoms. The van der Waals surface area contributed by atoms with Gasteiger partial charge in [0.2, 0.25) is 0 Å². The van der Waals surface area contributed by atoms with Gasteiger partial charge < -0.3 is 5.73 Å². The molecule has 2 N–H and O–H groups in total. The fraction of sp³-hybridized carbons (Fsp3) is 0. The zero-order chi connectivity index (χ0) is 8.10. The smallest absolute Gasteiger partial charge is 0.267 e. The molecule has 0 bridgehead atoms. The van der Waals surface area contributed by atoms with Gasteiger partial charge >= 0.3 is 0 Å². The molecule has 0 unspecified atom stereocenters. The highest BCUT2D eigenvalue weighted by molar-refractivity contribution is 6.43. The van der Waals surface area contributed by atoms with Gasteiger partial charge in [-0.2, -0.15) is 0 Å². The zero-order valence-corrected chi connectivity index (χ0v) is 5.77. The second-order valence-electron chi connectivity index (χ2n) is 1.83. The maximum Gasteiger partial charge on any atom is 0.267 e. The Balaban J connectivity index is 2.87. The summed E-state index contributed by atoms with van der Waals surface area (Å²) >= 11 is 0. The summed E-state index contributed by atoms with van der Waals surface area (Å²) < 4.78 is 0. The van der Waals surface area contributed by atoms with Crippen LogP contribution in [0.25, 0.3) is 0 Å². The molecule has 1 amide bonds. The quantitative estimate of drug-likeness (QED) is 0.561. The van der Waals surface area contributed by atoms with Crippen LogP contribution < -0.4 is 5.73 Å². The minimum absolute atomic E-state index is 0.207. The van der Waals surface area contributed by atoms with Crippen molar-refractivity contribution in [2.45, 2.75) is 0 Å². The average Bonchev–Trinajstić information content (AvgIpc) is 1.84. The minimum Gasteiger partial charge on any atom is -0.364 e. The first-order chi connectivity index (χ1) is 5.30. The molecular formula is C7H7N3O. The zero-order valence-electron chi connectivity index (χ0n) is 5.77. The maximum absolute atomic E-state index is 10.6. The first-order valence-corrected chi connectivity index (χ1v) is 3.03. The molecule has 0 aromatic heterocycles. The van der Waals surface area contributed by atoms with Gasteiger partial charge in [0.05, 0.1) is 0 Å². The van der Waals surface area contributed by atoms with Crippen LogP contribution in [-0.2, 0) is 4.79 Å². The monoisotopic (exact) mass is 149 g/mol. The molecule has 1 heterocycles. The number of aliphatic imine (C=N–C) groups is 2. The van der Waals surface area contributed by atoms with E-state index in [0.29, 0.717) is 0 Å². The Morgan fingerprint density at radius 2 is 2.27 bits per heavy atom. The van der Waals surface area contributed by atoms with Crippen LogP contribution in [0, 0.1) is 0 Å². The van der Waals surface area contributed by atoms with E-state index in [1.165, 1.54) is 18.5 Å². The molecule has 0 saturated heterocycles. The summed E-state index contributed by atoms with van der Waals surface area (Å²) in [4.78, 5) is 18.1. The first-order valence-electron chi connectivity index (χ1n) is 3.03. The molecule has 0 fully saturated rings. The normalized spacial score (nSPS) is 15.5. The Labute approximate surface area is 63.8 Å². The molecule has 0 aliphatic carbocycles. The first kappa shape index (κ1) is 7.40. The van der Waals surface area contributed by atoms with Crippen molar-refractivity contribution in [2.75, 3.05) is 0 Å². The number of hydrogen-bond donors (Lipinski definition) is 1. The number of carbonyl (C=O) groups is 1. The van der Waals surface area contributed by atoms with E-state index in [1.807, 2.05) is 0 Å². The van der Waals surface area contributed by atoms with Crippen molar-refractivity contribution in [3.05, 3.63) is 24.6 Å². The molecular weight excluding hydrogens is 142 g/mol. The lowest BCUT2D eigenvalue weighted by molar-refractivity contribution is -0.111. The summed E-state index contributed by atoms with van der Waals surface area (Å²) in [7, 11) is 0. The maximum atomic E-state index is 10.6. The molecule has 0 radical (unpaired) electrons. The van der Waals surface area contributed by atoms with Crippen LogP contribution in [0.1, 0.15) is 0 Å². The van der Waals surface area contributed by atoms with Crippen LogP contribution in [-0.4, -0.2) is 17.8 Å². The largest absolute Gasteiger partial charge is 0.364 e. The van der Waals surface area contributed by atoms with Crippen molar-refractivity contribution in [3.63, 3.8) is 0 Å². The third kappa shape index (κ3) is 2.17. The number of nitrogens with two attached hydrogens (primary N) is 1. The highest BCUT2D eigenvalue weighted by Gasteiger charge is 1.99. The van der Waals surface area contributed by atoms with Gasteiger partial charge in [-0.05, 0) is 12.2 Å². The third-order valence-electron chi connectivity index (χ3n) is 1.04. The Bertz CT molecular complexity index is 273. The Hall–Kier alpha value is -1.71. The molecule has 56 valence electrons. The lowest BCUT2D eigenvalue weighted by Gasteiger charge is -1.91. The van der Waals surface area contributed by atoms with Gasteiger partial charge in [0.15, 0.2) is 0 Å². The van der Waals surface area contributed by atoms with Crippen molar-refractivity contribution >= 4 is 17.8 Å². The molecule has 11 heavy (non-hydrogen) atoms. The minimum atomic E-state index is -0.553. The van der Waals surface area contributed by atoms with Crippen LogP contribution in [0.5, 0.6) is 0 Å². The van der Waals surface area contributed by atoms with Crippen molar-refractivity contribution in [2.24, 2.45) is 15.7 Å². The predicted octanol–water partition coefficient (Wildman–Crippen LogP) is 0.0245. The molecule has 4 heteroatoms. The summed E-state index contributed by atoms with van der Waals surface area (Å²) in [5, 5.41) is 0. The van der Waals surface area contributed by atoms with Gasteiger partial charge in [-0.1, -0.05) is 0 Å². The molecule has 4 nitrogen and oxygen atoms in total. The number of primary amides is 1. The Kier molecular flexibility index (Phi) is 2.32. The van der Waals surface area contributed by atoms with E-state index in [-0.39, 0.29) is 5.71 Å². The van der Waals surface area contributed by atoms with Crippen molar-refractivity contribution in [1.29, 1.82) is 0 Å². The number of rotatable bonds is 1. The molecule has 0 saturated carbocycles. The number of nitrogens with zero attached hydrogens (tertiary/aromatic N) is 2. The van der Waals surface area contributed by atoms with Crippen molar-refractivity contribution in [3.8, 4) is 0 Å². The number of hydrogen-bond acceptors (Lipinski definition) is 3. The average molecular weight is 149 g/mol. The van der Waals surface area contributed by atoms with Gasteiger partial charge in [-0.3, -0.25) is 14.8 Å². The SMILES string of the molecule is NC(=O)C1=NC=CC=NC=C1. The Morgan fingerprint density at radius 1 is 1.45 bits per heavy atom. The number of carbonyl (C=O) groups excluding carboxylic acids is 1. The van der Waals surface area contributed by atoms with Gasteiger partial charge in [0.25, 0.3) is 5.91 Å². The van der Waals surface area contributed by atoms with E-state index in [0.717, 1.165) is 0 Å². The van der Waals surface area contributed by atoms with Crippen LogP contribution in [0.4, 0.5) is 0 Å². The van der Waals surface area contributed by atoms with Gasteiger partial charge in [-0.25, -0.2) is 0 Å². The molecule has 1 aliphatic heterocycles. The molecule has 1 rings (SSSR count). The molecule has 0 aromatic rings. The van der Waals surface area contributed by atoms with Gasteiger partial charge in [0.1, 0.15) is 5.71 Å². The van der Waals surface area contributed by atoms with Crippen molar-refractivity contribution < 1.29 is 4.79 Å². The van der Waals surface area contributed by atoms with E-state index in [1.54, 1.807) is 12.3 Å². The van der Waals surface area contributed by atoms with Crippen LogP contribution in [0.2, 0.25) is 0 Å². The fourth-order valence-electron chi connectivity index (χ4n) is 0.564. The van der Waals surface area contributed by atoms with Crippen LogP contribution in [0.15, 0.2) is 34.5 Å². The standard InChI is InChI=1S/C7H7N3O/c8-7(11)6-2-5-9-3-1-4-10-6/h1-5H,(H2,8,11). The van der Waals surface area contributed by atoms with E-state index < -0.39 is 5.91 Å². The molecule has 0 atom stereocenters. The predicted molar refractivity (Wildman–Crippen MR) is 43.4 cm³/mol. The Morgan fingerprint density at radius 3 is 3.00 bits per heavy atom. The summed E-state index contributed by atoms with van der Waals surface area (Å²) in [6, 6.07) is 0. The lowest BCUT2D eigenvalue weighted by Crippen LogP contribution is -2.21. The summed E-state index contributed by atoms with van der Waals surface area (Å²) in [5.74, 6) is -0.553. The second-order valence-corrected chi connectivity index (χ2v) is 1.83. The number of allylic oxidation sites excluding steroid dienone is 1. The van der Waals surface area contributed by atoms with Crippen LogP contribution in [0.3, 0.4) is 0 Å². The van der Waals surface area contributed by atoms with Crippen LogP contribution >= 0.6 is 0 Å². The second kappa shape index (κ2) is 3.46. The highest BCUT2D eigenvalue weighted by Crippen LogP contribution is 1.88. The molecule has 0 aromatic carbocycles. The van der Waals surface area contributed by atoms with E-state index in [2.05, 4.69) is 9.98 Å². The topological polar surface area (TPSA) is 67.8 Å². The molecule has 1 aliphatic rings. The lowest BCUT2D eigenvalue weighted by atomic mass is 10.3. The summed E-state index contributed by atoms with van der Waals surface area (Å²) in [6.07, 6.45) is 7.58. The van der Waals surface area contributed by atoms with Gasteiger partial charge in [0, 0.05) is 18.6 Å². The van der Waals surface area contributed by atoms with Crippen molar-refractivity contribution in [1.82, 2.24) is 0 Å². The summed E-state index contributed by atoms with van der Waals surface area (Å²) in [5.41, 5.74) is 5.19. The highest BCUT2D eigenvalue weighted by atomic mass is 16.1. The van der Waals surface area contributed by atoms with Gasteiger partial charge in [-0.15, -0.1) is 0 Å². The third-order valence-corrected chi connectivity index (χ3v) is 1.04. The summed E-state index contributed by atoms with van der Waals surface area (Å²) in [6.45, 7) is 0. The van der Waals surface area contributed by atoms with E-state index >= 15 is 0 Å². The van der Waals surface area contributed by atoms with E-state index in [4.69, 9.17) is 5.73 Å². The fourth-order valence-corrected chi connectivity index (χ4v) is 0.564. The van der Waals surface area contributed by atoms with E-state index in [9.17, 15) is 4.79 Å².